The molecule has 2 N–H and O–H groups in total. The molecule has 0 aliphatic carbocycles. The fraction of sp³-hybridized carbons (Fsp3) is 0.111. The number of amides is 1. The quantitative estimate of drug-likeness (QED) is 0.695. The van der Waals surface area contributed by atoms with Crippen LogP contribution in [0, 0.1) is 0 Å². The maximum absolute atomic E-state index is 10.9. The molecule has 0 saturated heterocycles. The zero-order valence-electron chi connectivity index (χ0n) is 7.06. The Kier molecular flexibility index (Phi) is 1.85. The SMILES string of the molecule is O=C1NC(C(=O)O)c2ccccc2O1. The van der Waals surface area contributed by atoms with Crippen LogP contribution in [0.5, 0.6) is 5.75 Å². The minimum Gasteiger partial charge on any atom is -0.479 e. The monoisotopic (exact) mass is 193 g/mol. The van der Waals surface area contributed by atoms with Crippen molar-refractivity contribution in [2.75, 3.05) is 0 Å². The number of carboxylic acid groups (broad SMARTS) is 1. The van der Waals surface area contributed by atoms with Crippen LogP contribution in [0.1, 0.15) is 11.6 Å². The molecule has 5 nitrogen and oxygen atoms in total. The van der Waals surface area contributed by atoms with Gasteiger partial charge in [-0.05, 0) is 6.07 Å². The van der Waals surface area contributed by atoms with Gasteiger partial charge in [0.05, 0.1) is 0 Å². The van der Waals surface area contributed by atoms with Gasteiger partial charge in [0.1, 0.15) is 5.75 Å². The lowest BCUT2D eigenvalue weighted by molar-refractivity contribution is -0.139. The molecular weight excluding hydrogens is 186 g/mol. The predicted molar refractivity (Wildman–Crippen MR) is 46.0 cm³/mol. The highest BCUT2D eigenvalue weighted by atomic mass is 16.6. The largest absolute Gasteiger partial charge is 0.479 e. The van der Waals surface area contributed by atoms with E-state index in [9.17, 15) is 9.59 Å². The van der Waals surface area contributed by atoms with Gasteiger partial charge in [0, 0.05) is 5.56 Å². The van der Waals surface area contributed by atoms with Gasteiger partial charge in [-0.1, -0.05) is 18.2 Å². The molecule has 0 spiro atoms. The van der Waals surface area contributed by atoms with E-state index in [1.54, 1.807) is 24.3 Å². The maximum atomic E-state index is 10.9. The van der Waals surface area contributed by atoms with E-state index < -0.39 is 18.1 Å². The number of rotatable bonds is 1. The van der Waals surface area contributed by atoms with E-state index in [2.05, 4.69) is 5.32 Å². The number of carbonyl (C=O) groups excluding carboxylic acids is 1. The van der Waals surface area contributed by atoms with Gasteiger partial charge < -0.3 is 15.2 Å². The Labute approximate surface area is 79.3 Å². The van der Waals surface area contributed by atoms with Crippen molar-refractivity contribution < 1.29 is 19.4 Å². The van der Waals surface area contributed by atoms with Crippen LogP contribution in [0.15, 0.2) is 24.3 Å². The zero-order valence-corrected chi connectivity index (χ0v) is 7.06. The Bertz CT molecular complexity index is 402. The summed E-state index contributed by atoms with van der Waals surface area (Å²) < 4.78 is 4.80. The summed E-state index contributed by atoms with van der Waals surface area (Å²) in [6.45, 7) is 0. The van der Waals surface area contributed by atoms with Crippen molar-refractivity contribution >= 4 is 12.1 Å². The molecule has 0 bridgehead atoms. The maximum Gasteiger partial charge on any atom is 0.413 e. The Morgan fingerprint density at radius 1 is 1.43 bits per heavy atom. The van der Waals surface area contributed by atoms with Gasteiger partial charge in [-0.15, -0.1) is 0 Å². The third-order valence-electron chi connectivity index (χ3n) is 1.94. The fourth-order valence-corrected chi connectivity index (χ4v) is 1.33. The molecule has 1 aliphatic heterocycles. The lowest BCUT2D eigenvalue weighted by Gasteiger charge is -2.22. The van der Waals surface area contributed by atoms with Crippen LogP contribution in [-0.2, 0) is 4.79 Å². The molecule has 1 amide bonds. The van der Waals surface area contributed by atoms with Gasteiger partial charge in [-0.3, -0.25) is 0 Å². The molecule has 14 heavy (non-hydrogen) atoms. The van der Waals surface area contributed by atoms with E-state index in [1.165, 1.54) is 0 Å². The van der Waals surface area contributed by atoms with Crippen LogP contribution in [0.2, 0.25) is 0 Å². The van der Waals surface area contributed by atoms with Gasteiger partial charge in [-0.2, -0.15) is 0 Å². The van der Waals surface area contributed by atoms with E-state index in [1.807, 2.05) is 0 Å². The molecule has 1 unspecified atom stereocenters. The summed E-state index contributed by atoms with van der Waals surface area (Å²) in [4.78, 5) is 21.7. The van der Waals surface area contributed by atoms with Crippen LogP contribution in [0.25, 0.3) is 0 Å². The van der Waals surface area contributed by atoms with Crippen molar-refractivity contribution in [3.63, 3.8) is 0 Å². The first-order chi connectivity index (χ1) is 6.68. The van der Waals surface area contributed by atoms with Crippen LogP contribution in [-0.4, -0.2) is 17.2 Å². The highest BCUT2D eigenvalue weighted by Crippen LogP contribution is 2.28. The zero-order chi connectivity index (χ0) is 10.1. The van der Waals surface area contributed by atoms with Gasteiger partial charge >= 0.3 is 12.1 Å². The number of para-hydroxylation sites is 1. The van der Waals surface area contributed by atoms with Crippen molar-refractivity contribution in [3.05, 3.63) is 29.8 Å². The van der Waals surface area contributed by atoms with E-state index in [0.29, 0.717) is 11.3 Å². The van der Waals surface area contributed by atoms with Crippen molar-refractivity contribution in [1.29, 1.82) is 0 Å². The topological polar surface area (TPSA) is 75.6 Å². The lowest BCUT2D eigenvalue weighted by atomic mass is 10.1. The van der Waals surface area contributed by atoms with Gasteiger partial charge in [0.25, 0.3) is 0 Å². The van der Waals surface area contributed by atoms with Crippen LogP contribution >= 0.6 is 0 Å². The minimum absolute atomic E-state index is 0.295. The summed E-state index contributed by atoms with van der Waals surface area (Å²) in [7, 11) is 0. The molecular formula is C9H7NO4. The van der Waals surface area contributed by atoms with Gasteiger partial charge in [0.15, 0.2) is 6.04 Å². The van der Waals surface area contributed by atoms with E-state index in [4.69, 9.17) is 9.84 Å². The van der Waals surface area contributed by atoms with E-state index in [-0.39, 0.29) is 0 Å². The Hall–Kier alpha value is -2.04. The van der Waals surface area contributed by atoms with Crippen molar-refractivity contribution in [2.45, 2.75) is 6.04 Å². The van der Waals surface area contributed by atoms with Gasteiger partial charge in [0.2, 0.25) is 0 Å². The van der Waals surface area contributed by atoms with Crippen LogP contribution in [0.3, 0.4) is 0 Å². The minimum atomic E-state index is -1.10. The highest BCUT2D eigenvalue weighted by Gasteiger charge is 2.30. The lowest BCUT2D eigenvalue weighted by Crippen LogP contribution is -2.39. The summed E-state index contributed by atoms with van der Waals surface area (Å²) >= 11 is 0. The normalized spacial score (nSPS) is 19.1. The molecule has 2 rings (SSSR count). The second-order valence-corrected chi connectivity index (χ2v) is 2.84. The summed E-state index contributed by atoms with van der Waals surface area (Å²) in [5.74, 6) is -0.808. The average Bonchev–Trinajstić information content (AvgIpc) is 2.16. The summed E-state index contributed by atoms with van der Waals surface area (Å²) in [6.07, 6.45) is -0.740. The summed E-state index contributed by atoms with van der Waals surface area (Å²) in [5, 5.41) is 11.0. The number of fused-ring (bicyclic) bond motifs is 1. The molecule has 0 aromatic heterocycles. The molecule has 1 aromatic rings. The smallest absolute Gasteiger partial charge is 0.413 e. The first-order valence-electron chi connectivity index (χ1n) is 3.98. The Morgan fingerprint density at radius 2 is 2.14 bits per heavy atom. The van der Waals surface area contributed by atoms with Crippen LogP contribution < -0.4 is 10.1 Å². The molecule has 0 saturated carbocycles. The molecule has 1 atom stereocenters. The molecule has 5 heteroatoms. The first-order valence-corrected chi connectivity index (χ1v) is 3.98. The van der Waals surface area contributed by atoms with Crippen molar-refractivity contribution in [3.8, 4) is 5.75 Å². The number of benzene rings is 1. The fourth-order valence-electron chi connectivity index (χ4n) is 1.33. The van der Waals surface area contributed by atoms with Crippen LogP contribution in [0.4, 0.5) is 4.79 Å². The Morgan fingerprint density at radius 3 is 2.86 bits per heavy atom. The third kappa shape index (κ3) is 1.28. The van der Waals surface area contributed by atoms with Crippen molar-refractivity contribution in [1.82, 2.24) is 5.32 Å². The molecule has 0 radical (unpaired) electrons. The molecule has 1 aliphatic rings. The number of carbonyl (C=O) groups is 2. The second kappa shape index (κ2) is 3.02. The number of carboxylic acids is 1. The number of nitrogens with one attached hydrogen (secondary N) is 1. The Balaban J connectivity index is 2.48. The molecule has 1 aromatic carbocycles. The summed E-state index contributed by atoms with van der Waals surface area (Å²) in [6, 6.07) is 5.51. The molecule has 1 heterocycles. The van der Waals surface area contributed by atoms with Crippen molar-refractivity contribution in [2.24, 2.45) is 0 Å². The van der Waals surface area contributed by atoms with E-state index in [0.717, 1.165) is 0 Å². The standard InChI is InChI=1S/C9H7NO4/c11-8(12)7-5-3-1-2-4-6(5)14-9(13)10-7/h1-4,7H,(H,10,13)(H,11,12). The first kappa shape index (κ1) is 8.55. The number of hydrogen-bond acceptors (Lipinski definition) is 3. The van der Waals surface area contributed by atoms with E-state index >= 15 is 0 Å². The average molecular weight is 193 g/mol. The molecule has 72 valence electrons. The second-order valence-electron chi connectivity index (χ2n) is 2.84. The van der Waals surface area contributed by atoms with Gasteiger partial charge in [-0.25, -0.2) is 9.59 Å². The number of hydrogen-bond donors (Lipinski definition) is 2. The molecule has 0 fully saturated rings. The number of ether oxygens (including phenoxy) is 1. The third-order valence-corrected chi connectivity index (χ3v) is 1.94. The number of aliphatic carboxylic acids is 1. The summed E-state index contributed by atoms with van der Waals surface area (Å²) in [5.41, 5.74) is 0.458. The predicted octanol–water partition coefficient (Wildman–Crippen LogP) is 0.914. The highest BCUT2D eigenvalue weighted by molar-refractivity contribution is 5.85.